The number of thiazole rings is 1. The van der Waals surface area contributed by atoms with Crippen LogP contribution in [0.25, 0.3) is 5.57 Å². The summed E-state index contributed by atoms with van der Waals surface area (Å²) < 4.78 is 43.2. The maximum Gasteiger partial charge on any atom is 0.264 e. The first kappa shape index (κ1) is 28.4. The fourth-order valence-corrected chi connectivity index (χ4v) is 5.80. The van der Waals surface area contributed by atoms with Crippen molar-refractivity contribution in [1.82, 2.24) is 14.9 Å². The molecule has 4 heterocycles. The summed E-state index contributed by atoms with van der Waals surface area (Å²) in [6.45, 7) is 4.89. The highest BCUT2D eigenvalue weighted by atomic mass is 32.1. The van der Waals surface area contributed by atoms with Gasteiger partial charge in [0.15, 0.2) is 5.13 Å². The fourth-order valence-electron chi connectivity index (χ4n) is 5.06. The van der Waals surface area contributed by atoms with E-state index in [1.807, 2.05) is 29.8 Å². The summed E-state index contributed by atoms with van der Waals surface area (Å²) in [6.07, 6.45) is 1.97. The molecule has 13 heteroatoms. The van der Waals surface area contributed by atoms with Gasteiger partial charge in [-0.2, -0.15) is 5.26 Å². The first-order chi connectivity index (χ1) is 19.6. The van der Waals surface area contributed by atoms with Gasteiger partial charge in [0.05, 0.1) is 23.1 Å². The van der Waals surface area contributed by atoms with Crippen molar-refractivity contribution in [3.63, 3.8) is 0 Å². The van der Waals surface area contributed by atoms with E-state index in [9.17, 15) is 18.4 Å². The molecule has 1 fully saturated rings. The highest BCUT2D eigenvalue weighted by molar-refractivity contribution is 7.16. The molecule has 0 spiro atoms. The topological polar surface area (TPSA) is 108 Å². The van der Waals surface area contributed by atoms with Crippen molar-refractivity contribution in [2.24, 2.45) is 0 Å². The molecule has 1 atom stereocenters. The minimum atomic E-state index is -3.04. The van der Waals surface area contributed by atoms with Crippen molar-refractivity contribution in [3.8, 4) is 6.07 Å². The Morgan fingerprint density at radius 1 is 1.24 bits per heavy atom. The van der Waals surface area contributed by atoms with E-state index in [1.54, 1.807) is 0 Å². The van der Waals surface area contributed by atoms with Crippen molar-refractivity contribution in [3.05, 3.63) is 74.4 Å². The van der Waals surface area contributed by atoms with Gasteiger partial charge in [-0.1, -0.05) is 17.4 Å². The fraction of sp³-hybridized carbons (Fsp3) is 0.357. The lowest BCUT2D eigenvalue weighted by molar-refractivity contribution is 0.101. The number of nitrogens with one attached hydrogen (secondary N) is 2. The first-order valence-corrected chi connectivity index (χ1v) is 13.9. The second-order valence-corrected chi connectivity index (χ2v) is 11.1. The van der Waals surface area contributed by atoms with Crippen molar-refractivity contribution in [2.45, 2.75) is 25.8 Å². The van der Waals surface area contributed by atoms with E-state index in [1.165, 1.54) is 29.7 Å². The van der Waals surface area contributed by atoms with Crippen LogP contribution in [0.1, 0.15) is 46.1 Å². The number of carbonyl (C=O) groups is 1. The molecule has 1 unspecified atom stereocenters. The Kier molecular flexibility index (Phi) is 8.14. The molecule has 1 saturated heterocycles. The van der Waals surface area contributed by atoms with Gasteiger partial charge in [0.25, 0.3) is 12.3 Å². The average molecular weight is 584 g/mol. The SMILES string of the molecule is CC1CN(c2cc(F)c(C3=CCCN(c4ncc(C#N)s4)C3)cc2NC(=O)c2c[nH]c(=O)cc2C(F)F)CCN1C. The Balaban J connectivity index is 1.52. The minimum Gasteiger partial charge on any atom is -0.367 e. The normalized spacial score (nSPS) is 17.9. The van der Waals surface area contributed by atoms with Gasteiger partial charge in [0, 0.05) is 62.2 Å². The monoisotopic (exact) mass is 583 g/mol. The number of nitriles is 1. The smallest absolute Gasteiger partial charge is 0.264 e. The van der Waals surface area contributed by atoms with Crippen LogP contribution in [0.2, 0.25) is 0 Å². The molecule has 2 aliphatic heterocycles. The van der Waals surface area contributed by atoms with Crippen LogP contribution in [0.15, 0.2) is 41.5 Å². The number of benzene rings is 1. The molecule has 2 aliphatic rings. The molecule has 2 aromatic heterocycles. The van der Waals surface area contributed by atoms with E-state index in [4.69, 9.17) is 5.26 Å². The second kappa shape index (κ2) is 11.8. The Morgan fingerprint density at radius 3 is 2.76 bits per heavy atom. The van der Waals surface area contributed by atoms with Gasteiger partial charge < -0.3 is 25.0 Å². The molecule has 3 aromatic rings. The predicted molar refractivity (Wildman–Crippen MR) is 152 cm³/mol. The van der Waals surface area contributed by atoms with Crippen LogP contribution in [0, 0.1) is 17.1 Å². The van der Waals surface area contributed by atoms with Gasteiger partial charge >= 0.3 is 0 Å². The van der Waals surface area contributed by atoms with Crippen molar-refractivity contribution in [2.75, 3.05) is 54.9 Å². The number of hydrogen-bond donors (Lipinski definition) is 2. The zero-order valence-electron chi connectivity index (χ0n) is 22.5. The zero-order valence-corrected chi connectivity index (χ0v) is 23.3. The van der Waals surface area contributed by atoms with Crippen molar-refractivity contribution in [1.29, 1.82) is 5.26 Å². The molecule has 0 radical (unpaired) electrons. The summed E-state index contributed by atoms with van der Waals surface area (Å²) in [5, 5.41) is 12.5. The molecular weight excluding hydrogens is 555 g/mol. The Morgan fingerprint density at radius 2 is 2.05 bits per heavy atom. The summed E-state index contributed by atoms with van der Waals surface area (Å²) in [4.78, 5) is 38.1. The molecule has 5 rings (SSSR count). The Bertz CT molecular complexity index is 1600. The number of aromatic amines is 1. The Hall–Kier alpha value is -4.15. The number of aromatic nitrogens is 2. The molecular formula is C28H28F3N7O2S. The molecule has 0 bridgehead atoms. The quantitative estimate of drug-likeness (QED) is 0.441. The number of piperazine rings is 1. The maximum absolute atomic E-state index is 15.8. The molecule has 9 nitrogen and oxygen atoms in total. The molecule has 41 heavy (non-hydrogen) atoms. The third-order valence-electron chi connectivity index (χ3n) is 7.44. The maximum atomic E-state index is 15.8. The van der Waals surface area contributed by atoms with E-state index < -0.39 is 29.3 Å². The lowest BCUT2D eigenvalue weighted by Gasteiger charge is -2.40. The number of likely N-dealkylation sites (N-methyl/N-ethyl adjacent to an activating group) is 1. The van der Waals surface area contributed by atoms with E-state index in [-0.39, 0.29) is 22.9 Å². The number of pyridine rings is 1. The van der Waals surface area contributed by atoms with Crippen LogP contribution < -0.4 is 20.7 Å². The third kappa shape index (κ3) is 5.98. The highest BCUT2D eigenvalue weighted by Gasteiger charge is 2.27. The Labute approximate surface area is 238 Å². The highest BCUT2D eigenvalue weighted by Crippen LogP contribution is 2.36. The van der Waals surface area contributed by atoms with Crippen molar-refractivity contribution < 1.29 is 18.0 Å². The molecule has 0 saturated carbocycles. The molecule has 0 aliphatic carbocycles. The minimum absolute atomic E-state index is 0.158. The van der Waals surface area contributed by atoms with Gasteiger partial charge in [-0.25, -0.2) is 18.2 Å². The largest absolute Gasteiger partial charge is 0.367 e. The zero-order chi connectivity index (χ0) is 29.3. The second-order valence-electron chi connectivity index (χ2n) is 10.1. The van der Waals surface area contributed by atoms with Gasteiger partial charge in [-0.3, -0.25) is 9.59 Å². The number of alkyl halides is 2. The van der Waals surface area contributed by atoms with Crippen LogP contribution in [0.3, 0.4) is 0 Å². The van der Waals surface area contributed by atoms with Crippen LogP contribution >= 0.6 is 11.3 Å². The third-order valence-corrected chi connectivity index (χ3v) is 8.40. The number of nitrogens with zero attached hydrogens (tertiary/aromatic N) is 5. The molecule has 214 valence electrons. The standard InChI is InChI=1S/C28H28F3N7O2S/c1-16-14-37(7-6-36(16)2)24-10-22(29)19(17-4-3-5-38(15-17)28-34-12-18(11-32)41-28)8-23(24)35-27(40)21-13-33-25(39)9-20(21)26(30)31/h4,8-10,12-13,16,26H,3,5-7,14-15H2,1-2H3,(H,33,39)(H,35,40). The van der Waals surface area contributed by atoms with Crippen LogP contribution in [-0.2, 0) is 0 Å². The van der Waals surface area contributed by atoms with Gasteiger partial charge in [-0.15, -0.1) is 0 Å². The predicted octanol–water partition coefficient (Wildman–Crippen LogP) is 4.47. The van der Waals surface area contributed by atoms with E-state index in [0.717, 1.165) is 6.20 Å². The summed E-state index contributed by atoms with van der Waals surface area (Å²) in [7, 11) is 2.00. The average Bonchev–Trinajstić information content (AvgIpc) is 3.45. The van der Waals surface area contributed by atoms with E-state index in [2.05, 4.69) is 26.3 Å². The van der Waals surface area contributed by atoms with Gasteiger partial charge in [0.1, 0.15) is 16.8 Å². The van der Waals surface area contributed by atoms with E-state index >= 15 is 4.39 Å². The van der Waals surface area contributed by atoms with E-state index in [0.29, 0.717) is 66.5 Å². The van der Waals surface area contributed by atoms with Crippen LogP contribution in [-0.4, -0.2) is 66.6 Å². The lowest BCUT2D eigenvalue weighted by Crippen LogP contribution is -2.50. The lowest BCUT2D eigenvalue weighted by atomic mass is 9.98. The van der Waals surface area contributed by atoms with Crippen LogP contribution in [0.5, 0.6) is 0 Å². The summed E-state index contributed by atoms with van der Waals surface area (Å²) in [5.41, 5.74) is -0.151. The molecule has 2 N–H and O–H groups in total. The summed E-state index contributed by atoms with van der Waals surface area (Å²) >= 11 is 1.25. The first-order valence-electron chi connectivity index (χ1n) is 13.1. The van der Waals surface area contributed by atoms with Crippen molar-refractivity contribution >= 4 is 39.3 Å². The summed E-state index contributed by atoms with van der Waals surface area (Å²) in [5.74, 6) is -1.32. The number of amides is 1. The number of halogens is 3. The molecule has 1 aromatic carbocycles. The number of rotatable bonds is 6. The van der Waals surface area contributed by atoms with Crippen LogP contribution in [0.4, 0.5) is 29.7 Å². The summed E-state index contributed by atoms with van der Waals surface area (Å²) in [6, 6.07) is 5.85. The van der Waals surface area contributed by atoms with Gasteiger partial charge in [0.2, 0.25) is 5.56 Å². The molecule has 1 amide bonds. The van der Waals surface area contributed by atoms with Gasteiger partial charge in [-0.05, 0) is 38.1 Å². The number of H-pyrrole nitrogens is 1. The number of carbonyl (C=O) groups excluding carboxylic acids is 1. The number of hydrogen-bond acceptors (Lipinski definition) is 8. The number of anilines is 3.